The molecule has 0 spiro atoms. The number of carbonyl (C=O) groups is 3. The maximum absolute atomic E-state index is 12.3. The van der Waals surface area contributed by atoms with Crippen molar-refractivity contribution < 1.29 is 14.4 Å². The summed E-state index contributed by atoms with van der Waals surface area (Å²) in [5.74, 6) is -0.375. The minimum Gasteiger partial charge on any atom is -0.340 e. The molecule has 0 unspecified atom stereocenters. The summed E-state index contributed by atoms with van der Waals surface area (Å²) in [5.41, 5.74) is 1.68. The number of urea groups is 1. The second-order valence-corrected chi connectivity index (χ2v) is 6.48. The number of nitrogens with zero attached hydrogens (tertiary/aromatic N) is 3. The fourth-order valence-electron chi connectivity index (χ4n) is 3.25. The van der Waals surface area contributed by atoms with E-state index < -0.39 is 12.1 Å². The molecule has 1 atom stereocenters. The standard InChI is InChI=1S/C18H21N5O3/c19-11-13-3-1-2-4-14(13)12-22-7-9-23(10-8-22)16(24)6-5-15-17(25)21-18(26)20-15/h1-4,15H,5-10,12H2,(H2,20,21,25,26)/t15-/m1/s1. The maximum atomic E-state index is 12.3. The van der Waals surface area contributed by atoms with Gasteiger partial charge in [0.2, 0.25) is 5.91 Å². The molecule has 0 aliphatic carbocycles. The van der Waals surface area contributed by atoms with E-state index in [-0.39, 0.29) is 18.2 Å². The third kappa shape index (κ3) is 4.18. The minimum absolute atomic E-state index is 0.00368. The van der Waals surface area contributed by atoms with Crippen LogP contribution in [0.5, 0.6) is 0 Å². The molecule has 1 aromatic rings. The van der Waals surface area contributed by atoms with Gasteiger partial charge in [0.15, 0.2) is 0 Å². The van der Waals surface area contributed by atoms with Gasteiger partial charge in [-0.3, -0.25) is 19.8 Å². The van der Waals surface area contributed by atoms with E-state index in [1.165, 1.54) is 0 Å². The lowest BCUT2D eigenvalue weighted by Gasteiger charge is -2.35. The van der Waals surface area contributed by atoms with E-state index in [4.69, 9.17) is 0 Å². The van der Waals surface area contributed by atoms with Crippen LogP contribution in [0.25, 0.3) is 0 Å². The van der Waals surface area contributed by atoms with E-state index in [2.05, 4.69) is 21.6 Å². The Balaban J connectivity index is 1.44. The zero-order valence-corrected chi connectivity index (χ0v) is 14.4. The molecule has 8 heteroatoms. The number of hydrogen-bond donors (Lipinski definition) is 2. The fourth-order valence-corrected chi connectivity index (χ4v) is 3.25. The molecule has 2 saturated heterocycles. The van der Waals surface area contributed by atoms with Crippen molar-refractivity contribution in [2.24, 2.45) is 0 Å². The van der Waals surface area contributed by atoms with Gasteiger partial charge in [-0.25, -0.2) is 4.79 Å². The number of rotatable bonds is 5. The van der Waals surface area contributed by atoms with Gasteiger partial charge in [0.05, 0.1) is 11.6 Å². The first kappa shape index (κ1) is 17.9. The van der Waals surface area contributed by atoms with Crippen LogP contribution >= 0.6 is 0 Å². The quantitative estimate of drug-likeness (QED) is 0.734. The Hall–Kier alpha value is -2.92. The van der Waals surface area contributed by atoms with Crippen molar-refractivity contribution in [1.82, 2.24) is 20.4 Å². The molecule has 26 heavy (non-hydrogen) atoms. The SMILES string of the molecule is N#Cc1ccccc1CN1CCN(C(=O)CC[C@H]2NC(=O)NC2=O)CC1. The average molecular weight is 355 g/mol. The number of hydrogen-bond acceptors (Lipinski definition) is 5. The molecule has 2 heterocycles. The summed E-state index contributed by atoms with van der Waals surface area (Å²) in [6.07, 6.45) is 0.543. The highest BCUT2D eigenvalue weighted by atomic mass is 16.2. The van der Waals surface area contributed by atoms with Crippen molar-refractivity contribution in [2.75, 3.05) is 26.2 Å². The summed E-state index contributed by atoms with van der Waals surface area (Å²) < 4.78 is 0. The predicted molar refractivity (Wildman–Crippen MR) is 92.7 cm³/mol. The van der Waals surface area contributed by atoms with Crippen molar-refractivity contribution in [3.05, 3.63) is 35.4 Å². The van der Waals surface area contributed by atoms with Crippen LogP contribution in [0.3, 0.4) is 0 Å². The number of imide groups is 1. The summed E-state index contributed by atoms with van der Waals surface area (Å²) in [4.78, 5) is 38.9. The number of amides is 4. The van der Waals surface area contributed by atoms with E-state index in [9.17, 15) is 19.6 Å². The second kappa shape index (κ2) is 7.97. The lowest BCUT2D eigenvalue weighted by molar-refractivity contribution is -0.133. The van der Waals surface area contributed by atoms with Gasteiger partial charge in [-0.15, -0.1) is 0 Å². The smallest absolute Gasteiger partial charge is 0.322 e. The fraction of sp³-hybridized carbons (Fsp3) is 0.444. The molecule has 4 amide bonds. The Morgan fingerprint density at radius 3 is 2.58 bits per heavy atom. The molecule has 2 fully saturated rings. The zero-order valence-electron chi connectivity index (χ0n) is 14.4. The van der Waals surface area contributed by atoms with Gasteiger partial charge in [-0.05, 0) is 18.1 Å². The van der Waals surface area contributed by atoms with Gasteiger partial charge < -0.3 is 10.2 Å². The molecule has 0 radical (unpaired) electrons. The molecule has 1 aromatic carbocycles. The highest BCUT2D eigenvalue weighted by Gasteiger charge is 2.30. The Labute approximate surface area is 151 Å². The molecule has 3 rings (SSSR count). The van der Waals surface area contributed by atoms with Crippen molar-refractivity contribution in [1.29, 1.82) is 5.26 Å². The number of nitrogens with one attached hydrogen (secondary N) is 2. The van der Waals surface area contributed by atoms with Crippen LogP contribution in [0.4, 0.5) is 4.79 Å². The van der Waals surface area contributed by atoms with Crippen molar-refractivity contribution in [3.63, 3.8) is 0 Å². The molecule has 8 nitrogen and oxygen atoms in total. The van der Waals surface area contributed by atoms with Crippen molar-refractivity contribution >= 4 is 17.8 Å². The normalized spacial score (nSPS) is 20.4. The summed E-state index contributed by atoms with van der Waals surface area (Å²) in [6, 6.07) is 8.64. The van der Waals surface area contributed by atoms with Gasteiger partial charge >= 0.3 is 6.03 Å². The molecule has 2 N–H and O–H groups in total. The molecule has 0 aromatic heterocycles. The van der Waals surface area contributed by atoms with Crippen LogP contribution in [0.1, 0.15) is 24.0 Å². The highest BCUT2D eigenvalue weighted by Crippen LogP contribution is 2.14. The van der Waals surface area contributed by atoms with E-state index in [1.807, 2.05) is 24.3 Å². The van der Waals surface area contributed by atoms with Crippen LogP contribution in [0.2, 0.25) is 0 Å². The minimum atomic E-state index is -0.616. The van der Waals surface area contributed by atoms with Gasteiger partial charge in [-0.1, -0.05) is 18.2 Å². The second-order valence-electron chi connectivity index (χ2n) is 6.48. The van der Waals surface area contributed by atoms with Crippen LogP contribution in [-0.2, 0) is 16.1 Å². The van der Waals surface area contributed by atoms with Gasteiger partial charge in [0.25, 0.3) is 5.91 Å². The van der Waals surface area contributed by atoms with Crippen LogP contribution in [0.15, 0.2) is 24.3 Å². The van der Waals surface area contributed by atoms with Crippen molar-refractivity contribution in [2.45, 2.75) is 25.4 Å². The molecule has 0 bridgehead atoms. The first-order chi connectivity index (χ1) is 12.6. The molecular formula is C18H21N5O3. The number of carbonyl (C=O) groups excluding carboxylic acids is 3. The molecule has 136 valence electrons. The molecular weight excluding hydrogens is 334 g/mol. The van der Waals surface area contributed by atoms with Crippen LogP contribution < -0.4 is 10.6 Å². The lowest BCUT2D eigenvalue weighted by atomic mass is 10.1. The number of piperazine rings is 1. The molecule has 2 aliphatic rings. The van der Waals surface area contributed by atoms with E-state index in [1.54, 1.807) is 4.90 Å². The van der Waals surface area contributed by atoms with E-state index in [0.29, 0.717) is 31.6 Å². The maximum Gasteiger partial charge on any atom is 0.322 e. The monoisotopic (exact) mass is 355 g/mol. The zero-order chi connectivity index (χ0) is 18.5. The first-order valence-electron chi connectivity index (χ1n) is 8.66. The summed E-state index contributed by atoms with van der Waals surface area (Å²) in [5, 5.41) is 13.8. The Morgan fingerprint density at radius 1 is 1.19 bits per heavy atom. The van der Waals surface area contributed by atoms with Crippen molar-refractivity contribution in [3.8, 4) is 6.07 Å². The van der Waals surface area contributed by atoms with Gasteiger partial charge in [0.1, 0.15) is 6.04 Å². The van der Waals surface area contributed by atoms with E-state index in [0.717, 1.165) is 18.7 Å². The predicted octanol–water partition coefficient (Wildman–Crippen LogP) is 0.191. The van der Waals surface area contributed by atoms with E-state index >= 15 is 0 Å². The van der Waals surface area contributed by atoms with Crippen LogP contribution in [0, 0.1) is 11.3 Å². The lowest BCUT2D eigenvalue weighted by Crippen LogP contribution is -2.48. The highest BCUT2D eigenvalue weighted by molar-refractivity contribution is 6.04. The third-order valence-electron chi connectivity index (χ3n) is 4.76. The topological polar surface area (TPSA) is 106 Å². The molecule has 0 saturated carbocycles. The van der Waals surface area contributed by atoms with Crippen LogP contribution in [-0.4, -0.2) is 59.9 Å². The summed E-state index contributed by atoms with van der Waals surface area (Å²) in [6.45, 7) is 3.42. The number of nitriles is 1. The Morgan fingerprint density at radius 2 is 1.92 bits per heavy atom. The average Bonchev–Trinajstić information content (AvgIpc) is 2.98. The van der Waals surface area contributed by atoms with Gasteiger partial charge in [-0.2, -0.15) is 5.26 Å². The van der Waals surface area contributed by atoms with Gasteiger partial charge in [0, 0.05) is 39.1 Å². The Kier molecular flexibility index (Phi) is 5.49. The number of benzene rings is 1. The molecule has 2 aliphatic heterocycles. The Bertz CT molecular complexity index is 749. The largest absolute Gasteiger partial charge is 0.340 e. The summed E-state index contributed by atoms with van der Waals surface area (Å²) >= 11 is 0. The first-order valence-corrected chi connectivity index (χ1v) is 8.66. The summed E-state index contributed by atoms with van der Waals surface area (Å²) in [7, 11) is 0. The third-order valence-corrected chi connectivity index (χ3v) is 4.76.